The number of aliphatic hydroxyl groups is 1. The molecular weight excluding hydrogens is 284 g/mol. The molecule has 0 radical (unpaired) electrons. The smallest absolute Gasteiger partial charge is 0.408 e. The molecule has 0 saturated carbocycles. The van der Waals surface area contributed by atoms with Gasteiger partial charge in [0.15, 0.2) is 0 Å². The van der Waals surface area contributed by atoms with E-state index in [-0.39, 0.29) is 0 Å². The van der Waals surface area contributed by atoms with Gasteiger partial charge in [0.1, 0.15) is 11.6 Å². The van der Waals surface area contributed by atoms with Crippen LogP contribution >= 0.6 is 0 Å². The minimum atomic E-state index is -1.06. The first kappa shape index (κ1) is 18.0. The fraction of sp³-hybridized carbons (Fsp3) is 0.500. The number of nitrogens with zero attached hydrogens (tertiary/aromatic N) is 1. The van der Waals surface area contributed by atoms with Crippen molar-refractivity contribution in [2.45, 2.75) is 39.3 Å². The van der Waals surface area contributed by atoms with Crippen LogP contribution in [0.1, 0.15) is 26.3 Å². The van der Waals surface area contributed by atoms with Crippen molar-refractivity contribution >= 4 is 17.7 Å². The molecule has 1 rings (SSSR count). The summed E-state index contributed by atoms with van der Waals surface area (Å²) in [5.74, 6) is -0.418. The number of benzene rings is 1. The van der Waals surface area contributed by atoms with Gasteiger partial charge in [0.2, 0.25) is 0 Å². The number of hydrogen-bond donors (Lipinski definition) is 2. The Morgan fingerprint density at radius 3 is 2.50 bits per heavy atom. The second kappa shape index (κ2) is 7.26. The van der Waals surface area contributed by atoms with E-state index in [9.17, 15) is 14.7 Å². The highest BCUT2D eigenvalue weighted by molar-refractivity contribution is 5.98. The highest BCUT2D eigenvalue weighted by Crippen LogP contribution is 2.15. The molecule has 1 aromatic rings. The quantitative estimate of drug-likeness (QED) is 0.889. The van der Waals surface area contributed by atoms with Crippen molar-refractivity contribution in [3.63, 3.8) is 0 Å². The fourth-order valence-electron chi connectivity index (χ4n) is 1.83. The van der Waals surface area contributed by atoms with Crippen molar-refractivity contribution in [3.05, 3.63) is 29.8 Å². The number of hydrogen-bond acceptors (Lipinski definition) is 4. The van der Waals surface area contributed by atoms with Crippen molar-refractivity contribution in [1.29, 1.82) is 0 Å². The van der Waals surface area contributed by atoms with E-state index >= 15 is 0 Å². The first-order valence-electron chi connectivity index (χ1n) is 7.08. The van der Waals surface area contributed by atoms with Crippen LogP contribution in [0.2, 0.25) is 0 Å². The number of likely N-dealkylation sites (N-methyl/N-ethyl adjacent to an activating group) is 1. The molecule has 122 valence electrons. The Bertz CT molecular complexity index is 537. The van der Waals surface area contributed by atoms with Crippen molar-refractivity contribution < 1.29 is 19.4 Å². The van der Waals surface area contributed by atoms with E-state index < -0.39 is 30.3 Å². The van der Waals surface area contributed by atoms with Gasteiger partial charge < -0.3 is 20.1 Å². The molecule has 0 heterocycles. The van der Waals surface area contributed by atoms with Gasteiger partial charge >= 0.3 is 6.09 Å². The summed E-state index contributed by atoms with van der Waals surface area (Å²) in [6.07, 6.45) is -0.738. The lowest BCUT2D eigenvalue weighted by atomic mass is 10.2. The van der Waals surface area contributed by atoms with E-state index in [0.29, 0.717) is 5.69 Å². The number of carbonyl (C=O) groups is 2. The Morgan fingerprint density at radius 1 is 1.36 bits per heavy atom. The topological polar surface area (TPSA) is 78.9 Å². The lowest BCUT2D eigenvalue weighted by Crippen LogP contribution is -2.50. The minimum absolute atomic E-state index is 0.418. The Hall–Kier alpha value is -2.08. The van der Waals surface area contributed by atoms with Crippen LogP contribution in [0, 0.1) is 6.92 Å². The number of aliphatic hydroxyl groups excluding tert-OH is 1. The predicted molar refractivity (Wildman–Crippen MR) is 84.8 cm³/mol. The number of amides is 2. The summed E-state index contributed by atoms with van der Waals surface area (Å²) in [6, 6.07) is 6.33. The van der Waals surface area contributed by atoms with Crippen LogP contribution < -0.4 is 10.2 Å². The van der Waals surface area contributed by atoms with Gasteiger partial charge in [-0.1, -0.05) is 12.1 Å². The maximum absolute atomic E-state index is 12.4. The zero-order valence-corrected chi connectivity index (χ0v) is 13.7. The maximum Gasteiger partial charge on any atom is 0.408 e. The van der Waals surface area contributed by atoms with Crippen LogP contribution in [-0.2, 0) is 9.53 Å². The summed E-state index contributed by atoms with van der Waals surface area (Å²) in [7, 11) is 1.59. The van der Waals surface area contributed by atoms with Crippen LogP contribution in [0.25, 0.3) is 0 Å². The van der Waals surface area contributed by atoms with E-state index in [1.807, 2.05) is 25.1 Å². The third-order valence-corrected chi connectivity index (χ3v) is 2.89. The molecule has 2 amide bonds. The third kappa shape index (κ3) is 5.37. The maximum atomic E-state index is 12.4. The van der Waals surface area contributed by atoms with Gasteiger partial charge in [-0.25, -0.2) is 4.79 Å². The van der Waals surface area contributed by atoms with Gasteiger partial charge in [-0.2, -0.15) is 0 Å². The number of alkyl carbamates (subject to hydrolysis) is 1. The van der Waals surface area contributed by atoms with Gasteiger partial charge in [-0.05, 0) is 45.4 Å². The van der Waals surface area contributed by atoms with E-state index in [1.165, 1.54) is 4.90 Å². The molecule has 0 spiro atoms. The van der Waals surface area contributed by atoms with Gasteiger partial charge in [-0.15, -0.1) is 0 Å². The Balaban J connectivity index is 2.77. The standard InChI is InChI=1S/C16H24N2O4/c1-11-7-6-8-12(9-11)18(5)14(20)13(10-19)17-15(21)22-16(2,3)4/h6-9,13,19H,10H2,1-5H3,(H,17,21)/t13-/m0/s1. The van der Waals surface area contributed by atoms with Crippen LogP contribution in [0.15, 0.2) is 24.3 Å². The number of nitrogens with one attached hydrogen (secondary N) is 1. The predicted octanol–water partition coefficient (Wildman–Crippen LogP) is 1.84. The molecule has 0 aromatic heterocycles. The average molecular weight is 308 g/mol. The molecular formula is C16H24N2O4. The third-order valence-electron chi connectivity index (χ3n) is 2.89. The average Bonchev–Trinajstić information content (AvgIpc) is 2.41. The number of aryl methyl sites for hydroxylation is 1. The second-order valence-electron chi connectivity index (χ2n) is 6.12. The zero-order chi connectivity index (χ0) is 16.9. The Labute approximate surface area is 131 Å². The van der Waals surface area contributed by atoms with Crippen LogP contribution in [0.3, 0.4) is 0 Å². The van der Waals surface area contributed by atoms with E-state index in [4.69, 9.17) is 4.74 Å². The number of carbonyl (C=O) groups excluding carboxylic acids is 2. The van der Waals surface area contributed by atoms with Gasteiger partial charge in [-0.3, -0.25) is 4.79 Å². The molecule has 1 aromatic carbocycles. The van der Waals surface area contributed by atoms with Crippen molar-refractivity contribution in [2.75, 3.05) is 18.6 Å². The monoisotopic (exact) mass is 308 g/mol. The van der Waals surface area contributed by atoms with E-state index in [1.54, 1.807) is 33.9 Å². The number of ether oxygens (including phenoxy) is 1. The van der Waals surface area contributed by atoms with Gasteiger partial charge in [0.25, 0.3) is 5.91 Å². The highest BCUT2D eigenvalue weighted by Gasteiger charge is 2.26. The number of anilines is 1. The Kier molecular flexibility index (Phi) is 5.93. The first-order chi connectivity index (χ1) is 10.1. The minimum Gasteiger partial charge on any atom is -0.444 e. The molecule has 0 saturated heterocycles. The summed E-state index contributed by atoms with van der Waals surface area (Å²) in [6.45, 7) is 6.59. The van der Waals surface area contributed by atoms with Gasteiger partial charge in [0, 0.05) is 12.7 Å². The zero-order valence-electron chi connectivity index (χ0n) is 13.7. The summed E-state index contributed by atoms with van der Waals surface area (Å²) >= 11 is 0. The van der Waals surface area contributed by atoms with Gasteiger partial charge in [0.05, 0.1) is 6.61 Å². The van der Waals surface area contributed by atoms with Crippen molar-refractivity contribution in [2.24, 2.45) is 0 Å². The normalized spacial score (nSPS) is 12.5. The highest BCUT2D eigenvalue weighted by atomic mass is 16.6. The molecule has 0 fully saturated rings. The van der Waals surface area contributed by atoms with Crippen LogP contribution in [0.4, 0.5) is 10.5 Å². The van der Waals surface area contributed by atoms with Crippen molar-refractivity contribution in [3.8, 4) is 0 Å². The molecule has 0 aliphatic rings. The lowest BCUT2D eigenvalue weighted by molar-refractivity contribution is -0.121. The molecule has 6 heteroatoms. The summed E-state index contributed by atoms with van der Waals surface area (Å²) in [5, 5.41) is 11.8. The van der Waals surface area contributed by atoms with E-state index in [2.05, 4.69) is 5.32 Å². The molecule has 0 bridgehead atoms. The molecule has 2 N–H and O–H groups in total. The molecule has 22 heavy (non-hydrogen) atoms. The largest absolute Gasteiger partial charge is 0.444 e. The summed E-state index contributed by atoms with van der Waals surface area (Å²) < 4.78 is 5.09. The van der Waals surface area contributed by atoms with Crippen LogP contribution in [-0.4, -0.2) is 42.4 Å². The molecule has 0 aliphatic carbocycles. The van der Waals surface area contributed by atoms with Crippen LogP contribution in [0.5, 0.6) is 0 Å². The van der Waals surface area contributed by atoms with Crippen molar-refractivity contribution in [1.82, 2.24) is 5.32 Å². The SMILES string of the molecule is Cc1cccc(N(C)C(=O)[C@H](CO)NC(=O)OC(C)(C)C)c1. The Morgan fingerprint density at radius 2 is 2.00 bits per heavy atom. The molecule has 6 nitrogen and oxygen atoms in total. The second-order valence-corrected chi connectivity index (χ2v) is 6.12. The van der Waals surface area contributed by atoms with E-state index in [0.717, 1.165) is 5.56 Å². The lowest BCUT2D eigenvalue weighted by Gasteiger charge is -2.25. The number of rotatable bonds is 4. The fourth-order valence-corrected chi connectivity index (χ4v) is 1.83. The molecule has 0 unspecified atom stereocenters. The molecule has 1 atom stereocenters. The first-order valence-corrected chi connectivity index (χ1v) is 7.08. The summed E-state index contributed by atoms with van der Waals surface area (Å²) in [4.78, 5) is 25.5. The summed E-state index contributed by atoms with van der Waals surface area (Å²) in [5.41, 5.74) is 1.03. The molecule has 0 aliphatic heterocycles.